The minimum absolute atomic E-state index is 0.190. The molecule has 30 heavy (non-hydrogen) atoms. The third-order valence-electron chi connectivity index (χ3n) is 4.48. The van der Waals surface area contributed by atoms with Gasteiger partial charge in [0.2, 0.25) is 0 Å². The highest BCUT2D eigenvalue weighted by atomic mass is 16.5. The van der Waals surface area contributed by atoms with Gasteiger partial charge in [0.05, 0.1) is 25.3 Å². The zero-order valence-electron chi connectivity index (χ0n) is 17.0. The Labute approximate surface area is 175 Å². The van der Waals surface area contributed by atoms with Crippen molar-refractivity contribution in [3.8, 4) is 17.2 Å². The highest BCUT2D eigenvalue weighted by molar-refractivity contribution is 6.08. The normalized spacial score (nSPS) is 10.6. The van der Waals surface area contributed by atoms with Gasteiger partial charge in [-0.2, -0.15) is 0 Å². The molecule has 0 aliphatic carbocycles. The third-order valence-corrected chi connectivity index (χ3v) is 4.48. The average Bonchev–Trinajstić information content (AvgIpc) is 2.78. The van der Waals surface area contributed by atoms with Crippen molar-refractivity contribution in [1.82, 2.24) is 0 Å². The number of carbonyl (C=O) groups excluding carboxylic acids is 2. The quantitative estimate of drug-likeness (QED) is 0.237. The fourth-order valence-corrected chi connectivity index (χ4v) is 2.77. The van der Waals surface area contributed by atoms with E-state index in [0.717, 1.165) is 11.1 Å². The summed E-state index contributed by atoms with van der Waals surface area (Å²) in [5.41, 5.74) is 2.80. The van der Waals surface area contributed by atoms with Gasteiger partial charge in [-0.3, -0.25) is 4.79 Å². The van der Waals surface area contributed by atoms with Crippen molar-refractivity contribution in [3.05, 3.63) is 95.1 Å². The van der Waals surface area contributed by atoms with Gasteiger partial charge in [-0.05, 0) is 55.0 Å². The molecule has 0 fully saturated rings. The zero-order valence-corrected chi connectivity index (χ0v) is 17.0. The molecular weight excluding hydrogens is 380 g/mol. The van der Waals surface area contributed by atoms with Crippen LogP contribution in [-0.4, -0.2) is 26.0 Å². The summed E-state index contributed by atoms with van der Waals surface area (Å²) in [7, 11) is 3.06. The molecule has 0 aliphatic rings. The predicted molar refractivity (Wildman–Crippen MR) is 115 cm³/mol. The van der Waals surface area contributed by atoms with Crippen LogP contribution in [0.15, 0.2) is 72.8 Å². The van der Waals surface area contributed by atoms with Crippen LogP contribution in [0.5, 0.6) is 17.2 Å². The summed E-state index contributed by atoms with van der Waals surface area (Å²) < 4.78 is 15.8. The number of hydrogen-bond acceptors (Lipinski definition) is 5. The van der Waals surface area contributed by atoms with Crippen LogP contribution in [0.2, 0.25) is 0 Å². The molecule has 152 valence electrons. The molecule has 5 heteroatoms. The Kier molecular flexibility index (Phi) is 6.65. The lowest BCUT2D eigenvalue weighted by atomic mass is 10.1. The maximum Gasteiger partial charge on any atom is 0.343 e. The number of esters is 1. The van der Waals surface area contributed by atoms with Crippen molar-refractivity contribution in [2.75, 3.05) is 14.2 Å². The number of hydrogen-bond donors (Lipinski definition) is 0. The second-order valence-electron chi connectivity index (χ2n) is 6.59. The van der Waals surface area contributed by atoms with Crippen molar-refractivity contribution in [2.45, 2.75) is 6.92 Å². The summed E-state index contributed by atoms with van der Waals surface area (Å²) in [6.07, 6.45) is 3.16. The van der Waals surface area contributed by atoms with Crippen molar-refractivity contribution in [2.24, 2.45) is 0 Å². The molecule has 3 rings (SSSR count). The number of benzene rings is 3. The van der Waals surface area contributed by atoms with Crippen molar-refractivity contribution < 1.29 is 23.8 Å². The molecule has 0 atom stereocenters. The summed E-state index contributed by atoms with van der Waals surface area (Å²) in [5, 5.41) is 0. The van der Waals surface area contributed by atoms with Gasteiger partial charge in [-0.25, -0.2) is 4.79 Å². The van der Waals surface area contributed by atoms with E-state index in [1.54, 1.807) is 67.8 Å². The minimum Gasteiger partial charge on any atom is -0.497 e. The summed E-state index contributed by atoms with van der Waals surface area (Å²) >= 11 is 0. The van der Waals surface area contributed by atoms with E-state index in [1.165, 1.54) is 13.2 Å². The fourth-order valence-electron chi connectivity index (χ4n) is 2.77. The van der Waals surface area contributed by atoms with E-state index in [-0.39, 0.29) is 5.78 Å². The molecule has 0 amide bonds. The van der Waals surface area contributed by atoms with E-state index in [0.29, 0.717) is 28.4 Å². The number of ketones is 1. The van der Waals surface area contributed by atoms with Gasteiger partial charge in [-0.1, -0.05) is 35.9 Å². The molecule has 0 N–H and O–H groups in total. The Morgan fingerprint density at radius 3 is 2.10 bits per heavy atom. The summed E-state index contributed by atoms with van der Waals surface area (Å²) in [5.74, 6) is 0.885. The van der Waals surface area contributed by atoms with Crippen LogP contribution in [0.1, 0.15) is 31.8 Å². The van der Waals surface area contributed by atoms with Crippen LogP contribution in [0.3, 0.4) is 0 Å². The molecule has 0 saturated carbocycles. The molecule has 0 saturated heterocycles. The lowest BCUT2D eigenvalue weighted by molar-refractivity contribution is 0.0734. The van der Waals surface area contributed by atoms with Crippen LogP contribution in [-0.2, 0) is 0 Å². The number of carbonyl (C=O) groups is 2. The second-order valence-corrected chi connectivity index (χ2v) is 6.59. The Balaban J connectivity index is 1.66. The minimum atomic E-state index is -0.417. The fraction of sp³-hybridized carbons (Fsp3) is 0.120. The van der Waals surface area contributed by atoms with Crippen LogP contribution < -0.4 is 14.2 Å². The molecule has 3 aromatic carbocycles. The van der Waals surface area contributed by atoms with Gasteiger partial charge in [-0.15, -0.1) is 0 Å². The Bertz CT molecular complexity index is 1060. The third kappa shape index (κ3) is 5.14. The van der Waals surface area contributed by atoms with E-state index in [1.807, 2.05) is 19.1 Å². The Morgan fingerprint density at radius 1 is 0.800 bits per heavy atom. The van der Waals surface area contributed by atoms with Gasteiger partial charge >= 0.3 is 5.97 Å². The first kappa shape index (κ1) is 20.9. The van der Waals surface area contributed by atoms with Gasteiger partial charge in [0.25, 0.3) is 0 Å². The monoisotopic (exact) mass is 402 g/mol. The standard InChI is InChI=1S/C25H22O5/c1-17-4-9-19(10-5-17)25(27)30-20-11-6-18(7-12-20)8-15-23(26)22-14-13-21(28-2)16-24(22)29-3/h4-16H,1-3H3/b15-8+. The topological polar surface area (TPSA) is 61.8 Å². The predicted octanol–water partition coefficient (Wildman–Crippen LogP) is 5.13. The van der Waals surface area contributed by atoms with E-state index in [4.69, 9.17) is 14.2 Å². The lowest BCUT2D eigenvalue weighted by Crippen LogP contribution is -2.08. The van der Waals surface area contributed by atoms with Gasteiger partial charge in [0.1, 0.15) is 17.2 Å². The van der Waals surface area contributed by atoms with E-state index >= 15 is 0 Å². The zero-order chi connectivity index (χ0) is 21.5. The number of allylic oxidation sites excluding steroid dienone is 1. The highest BCUT2D eigenvalue weighted by Crippen LogP contribution is 2.25. The van der Waals surface area contributed by atoms with Crippen LogP contribution in [0.25, 0.3) is 6.08 Å². The van der Waals surface area contributed by atoms with E-state index < -0.39 is 5.97 Å². The molecule has 0 heterocycles. The molecule has 0 bridgehead atoms. The number of ether oxygens (including phenoxy) is 3. The Hall–Kier alpha value is -3.86. The Morgan fingerprint density at radius 2 is 1.47 bits per heavy atom. The van der Waals surface area contributed by atoms with Gasteiger partial charge in [0, 0.05) is 6.07 Å². The van der Waals surface area contributed by atoms with Gasteiger partial charge < -0.3 is 14.2 Å². The van der Waals surface area contributed by atoms with E-state index in [9.17, 15) is 9.59 Å². The second kappa shape index (κ2) is 9.56. The number of methoxy groups -OCH3 is 2. The largest absolute Gasteiger partial charge is 0.497 e. The first-order valence-electron chi connectivity index (χ1n) is 9.33. The van der Waals surface area contributed by atoms with Crippen LogP contribution in [0, 0.1) is 6.92 Å². The molecule has 0 unspecified atom stereocenters. The SMILES string of the molecule is COc1ccc(C(=O)/C=C/c2ccc(OC(=O)c3ccc(C)cc3)cc2)c(OC)c1. The highest BCUT2D eigenvalue weighted by Gasteiger charge is 2.11. The molecule has 0 aromatic heterocycles. The summed E-state index contributed by atoms with van der Waals surface area (Å²) in [6, 6.07) is 19.1. The molecule has 0 radical (unpaired) electrons. The lowest BCUT2D eigenvalue weighted by Gasteiger charge is -2.08. The van der Waals surface area contributed by atoms with Crippen molar-refractivity contribution >= 4 is 17.8 Å². The molecule has 0 spiro atoms. The number of aryl methyl sites for hydroxylation is 1. The van der Waals surface area contributed by atoms with Crippen LogP contribution >= 0.6 is 0 Å². The maximum atomic E-state index is 12.5. The van der Waals surface area contributed by atoms with Crippen LogP contribution in [0.4, 0.5) is 0 Å². The summed E-state index contributed by atoms with van der Waals surface area (Å²) in [6.45, 7) is 1.96. The van der Waals surface area contributed by atoms with Crippen molar-refractivity contribution in [3.63, 3.8) is 0 Å². The smallest absolute Gasteiger partial charge is 0.343 e. The summed E-state index contributed by atoms with van der Waals surface area (Å²) in [4.78, 5) is 24.7. The average molecular weight is 402 g/mol. The van der Waals surface area contributed by atoms with Crippen molar-refractivity contribution in [1.29, 1.82) is 0 Å². The molecular formula is C25H22O5. The molecule has 0 aliphatic heterocycles. The first-order valence-corrected chi connectivity index (χ1v) is 9.33. The maximum absolute atomic E-state index is 12.5. The first-order chi connectivity index (χ1) is 14.5. The van der Waals surface area contributed by atoms with Gasteiger partial charge in [0.15, 0.2) is 5.78 Å². The van der Waals surface area contributed by atoms with E-state index in [2.05, 4.69) is 0 Å². The number of rotatable bonds is 7. The molecule has 5 nitrogen and oxygen atoms in total. The molecule has 3 aromatic rings.